The molecule has 2 heteroatoms. The largest absolute Gasteiger partial charge is 0.350 e. The van der Waals surface area contributed by atoms with E-state index < -0.39 is 0 Å². The topological polar surface area (TPSA) is 29.1 Å². The Balaban J connectivity index is 2.65. The molecule has 0 spiro atoms. The third-order valence-electron chi connectivity index (χ3n) is 1.58. The number of rotatable bonds is 2. The number of benzene rings is 1. The van der Waals surface area contributed by atoms with Crippen LogP contribution >= 0.6 is 0 Å². The second-order valence-corrected chi connectivity index (χ2v) is 2.66. The van der Waals surface area contributed by atoms with E-state index in [4.69, 9.17) is 0 Å². The van der Waals surface area contributed by atoms with Gasteiger partial charge in [0, 0.05) is 6.92 Å². The molecule has 0 bridgehead atoms. The number of hydrogen-bond donors (Lipinski definition) is 1. The number of amides is 1. The molecule has 1 radical (unpaired) electrons. The average molecular weight is 162 g/mol. The van der Waals surface area contributed by atoms with Crippen molar-refractivity contribution in [2.45, 2.75) is 13.0 Å². The van der Waals surface area contributed by atoms with Crippen LogP contribution in [0.15, 0.2) is 30.3 Å². The summed E-state index contributed by atoms with van der Waals surface area (Å²) in [7, 11) is 0. The number of nitrogens with one attached hydrogen (secondary N) is 1. The Kier molecular flexibility index (Phi) is 2.86. The Morgan fingerprint density at radius 1 is 1.42 bits per heavy atom. The molecule has 0 saturated carbocycles. The second kappa shape index (κ2) is 3.90. The molecule has 0 aliphatic rings. The van der Waals surface area contributed by atoms with Gasteiger partial charge in [0.15, 0.2) is 0 Å². The normalized spacial score (nSPS) is 12.2. The lowest BCUT2D eigenvalue weighted by Gasteiger charge is -2.11. The van der Waals surface area contributed by atoms with Crippen LogP contribution in [-0.2, 0) is 4.79 Å². The standard InChI is InChI=1S/C10H12NO/c1-8(11-9(2)12)10-6-4-3-5-7-10/h3-8H,1H2,2H3,(H,11,12). The Labute approximate surface area is 72.6 Å². The summed E-state index contributed by atoms with van der Waals surface area (Å²) in [4.78, 5) is 10.7. The van der Waals surface area contributed by atoms with E-state index in [1.54, 1.807) is 0 Å². The lowest BCUT2D eigenvalue weighted by molar-refractivity contribution is -0.119. The van der Waals surface area contributed by atoms with Gasteiger partial charge >= 0.3 is 0 Å². The SMILES string of the molecule is [CH2]C(NC(C)=O)c1ccccc1. The predicted octanol–water partition coefficient (Wildman–Crippen LogP) is 1.70. The Morgan fingerprint density at radius 3 is 2.50 bits per heavy atom. The van der Waals surface area contributed by atoms with Gasteiger partial charge in [-0.25, -0.2) is 0 Å². The minimum Gasteiger partial charge on any atom is -0.350 e. The number of carbonyl (C=O) groups excluding carboxylic acids is 1. The van der Waals surface area contributed by atoms with Gasteiger partial charge in [-0.15, -0.1) is 0 Å². The quantitative estimate of drug-likeness (QED) is 0.704. The zero-order chi connectivity index (χ0) is 8.97. The molecule has 1 aromatic carbocycles. The van der Waals surface area contributed by atoms with Gasteiger partial charge in [0.25, 0.3) is 0 Å². The van der Waals surface area contributed by atoms with Gasteiger partial charge in [-0.2, -0.15) is 0 Å². The van der Waals surface area contributed by atoms with E-state index in [0.29, 0.717) is 0 Å². The molecule has 0 aliphatic heterocycles. The van der Waals surface area contributed by atoms with Crippen LogP contribution in [0.5, 0.6) is 0 Å². The maximum absolute atomic E-state index is 10.7. The Bertz CT molecular complexity index is 256. The van der Waals surface area contributed by atoms with Gasteiger partial charge in [-0.1, -0.05) is 30.3 Å². The smallest absolute Gasteiger partial charge is 0.217 e. The van der Waals surface area contributed by atoms with Gasteiger partial charge in [-0.05, 0) is 12.5 Å². The fraction of sp³-hybridized carbons (Fsp3) is 0.200. The summed E-state index contributed by atoms with van der Waals surface area (Å²) in [6.45, 7) is 5.30. The molecule has 63 valence electrons. The van der Waals surface area contributed by atoms with Crippen molar-refractivity contribution in [2.75, 3.05) is 0 Å². The minimum atomic E-state index is -0.149. The second-order valence-electron chi connectivity index (χ2n) is 2.66. The molecule has 12 heavy (non-hydrogen) atoms. The van der Waals surface area contributed by atoms with Crippen LogP contribution in [0.3, 0.4) is 0 Å². The zero-order valence-corrected chi connectivity index (χ0v) is 7.08. The average Bonchev–Trinajstić information content (AvgIpc) is 2.05. The summed E-state index contributed by atoms with van der Waals surface area (Å²) in [5.41, 5.74) is 1.02. The third kappa shape index (κ3) is 2.38. The van der Waals surface area contributed by atoms with Crippen LogP contribution in [0, 0.1) is 6.92 Å². The summed E-state index contributed by atoms with van der Waals surface area (Å²) in [5.74, 6) is -0.0566. The van der Waals surface area contributed by atoms with Gasteiger partial charge in [-0.3, -0.25) is 4.79 Å². The zero-order valence-electron chi connectivity index (χ0n) is 7.08. The first kappa shape index (κ1) is 8.78. The Morgan fingerprint density at radius 2 is 2.00 bits per heavy atom. The molecule has 2 nitrogen and oxygen atoms in total. The molecular weight excluding hydrogens is 150 g/mol. The summed E-state index contributed by atoms with van der Waals surface area (Å²) >= 11 is 0. The fourth-order valence-corrected chi connectivity index (χ4v) is 1.01. The van der Waals surface area contributed by atoms with Crippen LogP contribution in [0.2, 0.25) is 0 Å². The van der Waals surface area contributed by atoms with Crippen molar-refractivity contribution in [3.05, 3.63) is 42.8 Å². The van der Waals surface area contributed by atoms with Crippen molar-refractivity contribution in [2.24, 2.45) is 0 Å². The van der Waals surface area contributed by atoms with Gasteiger partial charge in [0.05, 0.1) is 6.04 Å². The van der Waals surface area contributed by atoms with E-state index in [-0.39, 0.29) is 11.9 Å². The van der Waals surface area contributed by atoms with E-state index in [0.717, 1.165) is 5.56 Å². The summed E-state index contributed by atoms with van der Waals surface area (Å²) in [5, 5.41) is 2.71. The number of carbonyl (C=O) groups is 1. The van der Waals surface area contributed by atoms with Crippen LogP contribution in [0.1, 0.15) is 18.5 Å². The third-order valence-corrected chi connectivity index (χ3v) is 1.58. The highest BCUT2D eigenvalue weighted by molar-refractivity contribution is 5.73. The van der Waals surface area contributed by atoms with Crippen molar-refractivity contribution in [1.29, 1.82) is 0 Å². The van der Waals surface area contributed by atoms with Crippen molar-refractivity contribution in [3.63, 3.8) is 0 Å². The summed E-state index contributed by atoms with van der Waals surface area (Å²) in [6.07, 6.45) is 0. The molecule has 0 fully saturated rings. The lowest BCUT2D eigenvalue weighted by atomic mass is 10.1. The van der Waals surface area contributed by atoms with E-state index in [9.17, 15) is 4.79 Å². The molecule has 0 heterocycles. The van der Waals surface area contributed by atoms with Crippen LogP contribution < -0.4 is 5.32 Å². The van der Waals surface area contributed by atoms with Crippen molar-refractivity contribution < 1.29 is 4.79 Å². The van der Waals surface area contributed by atoms with Crippen LogP contribution in [0.4, 0.5) is 0 Å². The molecule has 0 aromatic heterocycles. The first-order chi connectivity index (χ1) is 5.70. The van der Waals surface area contributed by atoms with Gasteiger partial charge in [0.1, 0.15) is 0 Å². The van der Waals surface area contributed by atoms with Gasteiger partial charge < -0.3 is 5.32 Å². The van der Waals surface area contributed by atoms with E-state index >= 15 is 0 Å². The van der Waals surface area contributed by atoms with Crippen molar-refractivity contribution >= 4 is 5.91 Å². The lowest BCUT2D eigenvalue weighted by Crippen LogP contribution is -2.23. The van der Waals surface area contributed by atoms with Gasteiger partial charge in [0.2, 0.25) is 5.91 Å². The Hall–Kier alpha value is -1.31. The maximum atomic E-state index is 10.7. The highest BCUT2D eigenvalue weighted by Gasteiger charge is 2.04. The van der Waals surface area contributed by atoms with E-state index in [1.807, 2.05) is 30.3 Å². The molecule has 1 rings (SSSR count). The first-order valence-electron chi connectivity index (χ1n) is 3.85. The van der Waals surface area contributed by atoms with E-state index in [2.05, 4.69) is 12.2 Å². The molecule has 0 aliphatic carbocycles. The summed E-state index contributed by atoms with van der Waals surface area (Å²) in [6, 6.07) is 9.51. The monoisotopic (exact) mass is 162 g/mol. The maximum Gasteiger partial charge on any atom is 0.217 e. The minimum absolute atomic E-state index is 0.0566. The van der Waals surface area contributed by atoms with E-state index in [1.165, 1.54) is 6.92 Å². The molecule has 1 unspecified atom stereocenters. The highest BCUT2D eigenvalue weighted by Crippen LogP contribution is 2.09. The molecule has 1 N–H and O–H groups in total. The summed E-state index contributed by atoms with van der Waals surface area (Å²) < 4.78 is 0. The highest BCUT2D eigenvalue weighted by atomic mass is 16.1. The first-order valence-corrected chi connectivity index (χ1v) is 3.85. The number of hydrogen-bond acceptors (Lipinski definition) is 1. The predicted molar refractivity (Wildman–Crippen MR) is 48.4 cm³/mol. The molecule has 1 amide bonds. The van der Waals surface area contributed by atoms with Crippen molar-refractivity contribution in [1.82, 2.24) is 5.32 Å². The molecule has 1 aromatic rings. The molecule has 1 atom stereocenters. The molecule has 0 saturated heterocycles. The molecular formula is C10H12NO. The fourth-order valence-electron chi connectivity index (χ4n) is 1.01. The van der Waals surface area contributed by atoms with Crippen LogP contribution in [0.25, 0.3) is 0 Å². The van der Waals surface area contributed by atoms with Crippen LogP contribution in [-0.4, -0.2) is 5.91 Å². The van der Waals surface area contributed by atoms with Crippen molar-refractivity contribution in [3.8, 4) is 0 Å².